The van der Waals surface area contributed by atoms with Crippen molar-refractivity contribution >= 4 is 23.9 Å². The zero-order chi connectivity index (χ0) is 27.8. The Hall–Kier alpha value is -2.28. The Kier molecular flexibility index (Phi) is 24.9. The molecular weight excluding hydrogens is 504 g/mol. The van der Waals surface area contributed by atoms with Crippen molar-refractivity contribution in [2.45, 2.75) is 84.5 Å². The van der Waals surface area contributed by atoms with E-state index in [9.17, 15) is 19.2 Å². The molecule has 0 aliphatic heterocycles. The van der Waals surface area contributed by atoms with E-state index in [0.717, 1.165) is 0 Å². The molecule has 12 nitrogen and oxygen atoms in total. The van der Waals surface area contributed by atoms with E-state index in [1.807, 2.05) is 0 Å². The smallest absolute Gasteiger partial charge is 0.331 e. The van der Waals surface area contributed by atoms with Crippen LogP contribution in [0.4, 0.5) is 0 Å². The number of unbranched alkanes of at least 4 members (excludes halogenated alkanes) is 6. The first-order valence-corrected chi connectivity index (χ1v) is 12.9. The maximum absolute atomic E-state index is 12.2. The van der Waals surface area contributed by atoms with Gasteiger partial charge in [0, 0.05) is 39.1 Å². The zero-order valence-electron chi connectivity index (χ0n) is 21.7. The summed E-state index contributed by atoms with van der Waals surface area (Å²) in [5, 5.41) is 35.6. The predicted molar refractivity (Wildman–Crippen MR) is 137 cm³/mol. The number of hydrogen-bond acceptors (Lipinski definition) is 12. The molecule has 0 saturated carbocycles. The average Bonchev–Trinajstić information content (AvgIpc) is 2.90. The van der Waals surface area contributed by atoms with Gasteiger partial charge >= 0.3 is 23.9 Å². The molecule has 0 heterocycles. The molecule has 4 N–H and O–H groups in total. The van der Waals surface area contributed by atoms with Crippen LogP contribution >= 0.6 is 0 Å². The Labute approximate surface area is 225 Å². The van der Waals surface area contributed by atoms with Gasteiger partial charge in [-0.05, 0) is 38.5 Å². The van der Waals surface area contributed by atoms with E-state index >= 15 is 0 Å². The summed E-state index contributed by atoms with van der Waals surface area (Å²) >= 11 is 0. The van der Waals surface area contributed by atoms with Crippen molar-refractivity contribution in [3.8, 4) is 0 Å². The Morgan fingerprint density at radius 2 is 0.737 bits per heavy atom. The lowest BCUT2D eigenvalue weighted by Gasteiger charge is -2.31. The van der Waals surface area contributed by atoms with Crippen molar-refractivity contribution in [2.24, 2.45) is 5.41 Å². The van der Waals surface area contributed by atoms with Gasteiger partial charge in [0.05, 0.1) is 0 Å². The molecule has 0 aromatic heterocycles. The number of carbonyl (C=O) groups is 4. The van der Waals surface area contributed by atoms with Gasteiger partial charge in [0.15, 0.2) is 0 Å². The van der Waals surface area contributed by atoms with Gasteiger partial charge in [-0.2, -0.15) is 0 Å². The van der Waals surface area contributed by atoms with Crippen LogP contribution in [0.1, 0.15) is 84.5 Å². The molecule has 0 aliphatic carbocycles. The van der Waals surface area contributed by atoms with Gasteiger partial charge in [-0.15, -0.1) is 0 Å². The minimum Gasteiger partial charge on any atom is -0.465 e. The molecule has 12 heteroatoms. The Morgan fingerprint density at radius 3 is 1.00 bits per heavy atom. The van der Waals surface area contributed by atoms with E-state index in [4.69, 9.17) is 39.4 Å². The minimum absolute atomic E-state index is 0. The van der Waals surface area contributed by atoms with Crippen molar-refractivity contribution in [3.63, 3.8) is 0 Å². The van der Waals surface area contributed by atoms with E-state index < -0.39 is 42.5 Å². The van der Waals surface area contributed by atoms with E-state index in [0.29, 0.717) is 57.8 Å². The third-order valence-electron chi connectivity index (χ3n) is 5.40. The first-order valence-electron chi connectivity index (χ1n) is 12.9. The number of carbonyl (C=O) groups excluding carboxylic acids is 4. The summed E-state index contributed by atoms with van der Waals surface area (Å²) in [5.74, 6) is -2.62. The lowest BCUT2D eigenvalue weighted by molar-refractivity contribution is -0.171. The highest BCUT2D eigenvalue weighted by Crippen LogP contribution is 2.23. The van der Waals surface area contributed by atoms with Crippen LogP contribution in [-0.4, -0.2) is 97.2 Å². The second-order valence-electron chi connectivity index (χ2n) is 8.90. The summed E-state index contributed by atoms with van der Waals surface area (Å²) in [6, 6.07) is 0. The van der Waals surface area contributed by atoms with Crippen LogP contribution in [0, 0.1) is 5.41 Å². The summed E-state index contributed by atoms with van der Waals surface area (Å²) in [6.45, 7) is -2.41. The van der Waals surface area contributed by atoms with Crippen molar-refractivity contribution in [1.82, 2.24) is 0 Å². The first-order chi connectivity index (χ1) is 17.8. The van der Waals surface area contributed by atoms with Crippen molar-refractivity contribution in [1.29, 1.82) is 0 Å². The molecule has 0 spiro atoms. The number of esters is 4. The molecule has 0 aromatic carbocycles. The molecule has 0 atom stereocenters. The maximum atomic E-state index is 12.2. The van der Waals surface area contributed by atoms with Gasteiger partial charge < -0.3 is 39.4 Å². The molecule has 0 aliphatic rings. The van der Waals surface area contributed by atoms with Crippen molar-refractivity contribution in [2.75, 3.05) is 52.9 Å². The van der Waals surface area contributed by atoms with Gasteiger partial charge in [0.25, 0.3) is 0 Å². The SMILES string of the molecule is C.O=C(CO)OCC(COC(=O)CCCCCO)(COC(=O)CCCCCO)COC(=O)CCCCCO. The fourth-order valence-corrected chi connectivity index (χ4v) is 3.12. The van der Waals surface area contributed by atoms with Crippen molar-refractivity contribution < 1.29 is 58.6 Å². The summed E-state index contributed by atoms with van der Waals surface area (Å²) in [4.78, 5) is 48.3. The lowest BCUT2D eigenvalue weighted by atomic mass is 9.92. The molecule has 0 aromatic rings. The highest BCUT2D eigenvalue weighted by atomic mass is 16.6. The topological polar surface area (TPSA) is 186 Å². The highest BCUT2D eigenvalue weighted by molar-refractivity contribution is 5.71. The Bertz CT molecular complexity index is 568. The Morgan fingerprint density at radius 1 is 0.447 bits per heavy atom. The molecule has 0 fully saturated rings. The number of aliphatic hydroxyl groups is 4. The van der Waals surface area contributed by atoms with Gasteiger partial charge in [-0.3, -0.25) is 14.4 Å². The quantitative estimate of drug-likeness (QED) is 0.0768. The summed E-state index contributed by atoms with van der Waals surface area (Å²) in [5.41, 5.74) is -1.40. The molecule has 224 valence electrons. The number of rotatable bonds is 24. The van der Waals surface area contributed by atoms with Crippen LogP contribution in [0.3, 0.4) is 0 Å². The van der Waals surface area contributed by atoms with E-state index in [2.05, 4.69) is 0 Å². The van der Waals surface area contributed by atoms with E-state index in [-0.39, 0.29) is 66.3 Å². The number of aliphatic hydroxyl groups excluding tert-OH is 4. The lowest BCUT2D eigenvalue weighted by Crippen LogP contribution is -2.44. The molecular formula is C26H48O12. The molecule has 0 rings (SSSR count). The summed E-state index contributed by atoms with van der Waals surface area (Å²) < 4.78 is 21.1. The van der Waals surface area contributed by atoms with Crippen LogP contribution in [0.15, 0.2) is 0 Å². The van der Waals surface area contributed by atoms with Crippen LogP contribution in [0.2, 0.25) is 0 Å². The molecule has 0 radical (unpaired) electrons. The van der Waals surface area contributed by atoms with E-state index in [1.165, 1.54) is 0 Å². The second kappa shape index (κ2) is 25.0. The predicted octanol–water partition coefficient (Wildman–Crippen LogP) is 1.43. The minimum atomic E-state index is -1.40. The standard InChI is InChI=1S/C25H44O12.CH4/c26-13-7-1-4-10-21(30)34-17-25(20-37-24(33)16-29,18-35-22(31)11-5-2-8-14-27)19-36-23(32)12-6-3-9-15-28;/h26-29H,1-20H2;1H4. The summed E-state index contributed by atoms with van der Waals surface area (Å²) in [6.07, 6.45) is 5.30. The van der Waals surface area contributed by atoms with Gasteiger partial charge in [0.2, 0.25) is 0 Å². The van der Waals surface area contributed by atoms with E-state index in [1.54, 1.807) is 0 Å². The fourth-order valence-electron chi connectivity index (χ4n) is 3.12. The molecule has 0 amide bonds. The number of hydrogen-bond donors (Lipinski definition) is 4. The monoisotopic (exact) mass is 552 g/mol. The van der Waals surface area contributed by atoms with Crippen molar-refractivity contribution in [3.05, 3.63) is 0 Å². The highest BCUT2D eigenvalue weighted by Gasteiger charge is 2.38. The molecule has 38 heavy (non-hydrogen) atoms. The van der Waals surface area contributed by atoms with Gasteiger partial charge in [-0.1, -0.05) is 26.7 Å². The van der Waals surface area contributed by atoms with Crippen LogP contribution in [0.25, 0.3) is 0 Å². The van der Waals surface area contributed by atoms with Crippen LogP contribution in [-0.2, 0) is 38.1 Å². The van der Waals surface area contributed by atoms with Gasteiger partial charge in [0.1, 0.15) is 38.4 Å². The summed E-state index contributed by atoms with van der Waals surface area (Å²) in [7, 11) is 0. The Balaban J connectivity index is 0. The second-order valence-corrected chi connectivity index (χ2v) is 8.90. The van der Waals surface area contributed by atoms with Crippen LogP contribution in [0.5, 0.6) is 0 Å². The third kappa shape index (κ3) is 20.7. The molecule has 0 bridgehead atoms. The first kappa shape index (κ1) is 37.9. The fraction of sp³-hybridized carbons (Fsp3) is 0.846. The third-order valence-corrected chi connectivity index (χ3v) is 5.40. The largest absolute Gasteiger partial charge is 0.465 e. The average molecular weight is 553 g/mol. The maximum Gasteiger partial charge on any atom is 0.331 e. The van der Waals surface area contributed by atoms with Gasteiger partial charge in [-0.25, -0.2) is 4.79 Å². The zero-order valence-corrected chi connectivity index (χ0v) is 21.7. The molecule has 0 saturated heterocycles. The molecule has 0 unspecified atom stereocenters. The number of ether oxygens (including phenoxy) is 4. The van der Waals surface area contributed by atoms with Crippen LogP contribution < -0.4 is 0 Å². The normalized spacial score (nSPS) is 10.8.